The Labute approximate surface area is 176 Å². The standard InChI is InChI=1S/C22H18N4O3S/c1-13-20(30-22(24-13)14-5-3-2-4-6-14)11-23-21(27)17-10-16(25-26-17)15-7-8-18-19(9-15)29-12-28-18/h2-10H,11-12H2,1H3,(H,23,27)(H,25,26). The van der Waals surface area contributed by atoms with Gasteiger partial charge in [-0.25, -0.2) is 4.98 Å². The van der Waals surface area contributed by atoms with E-state index in [1.807, 2.05) is 55.5 Å². The van der Waals surface area contributed by atoms with Crippen molar-refractivity contribution in [2.75, 3.05) is 6.79 Å². The summed E-state index contributed by atoms with van der Waals surface area (Å²) < 4.78 is 10.7. The number of benzene rings is 2. The van der Waals surface area contributed by atoms with E-state index in [4.69, 9.17) is 9.47 Å². The van der Waals surface area contributed by atoms with Gasteiger partial charge in [-0.3, -0.25) is 9.89 Å². The highest BCUT2D eigenvalue weighted by Gasteiger charge is 2.17. The summed E-state index contributed by atoms with van der Waals surface area (Å²) in [7, 11) is 0. The van der Waals surface area contributed by atoms with Gasteiger partial charge in [0.25, 0.3) is 5.91 Å². The molecular weight excluding hydrogens is 400 g/mol. The first-order valence-corrected chi connectivity index (χ1v) is 10.2. The Morgan fingerprint density at radius 2 is 1.93 bits per heavy atom. The lowest BCUT2D eigenvalue weighted by Gasteiger charge is -2.01. The van der Waals surface area contributed by atoms with Crippen molar-refractivity contribution in [2.45, 2.75) is 13.5 Å². The fourth-order valence-corrected chi connectivity index (χ4v) is 4.20. The fraction of sp³-hybridized carbons (Fsp3) is 0.136. The Hall–Kier alpha value is -3.65. The third kappa shape index (κ3) is 3.53. The quantitative estimate of drug-likeness (QED) is 0.508. The van der Waals surface area contributed by atoms with Gasteiger partial charge in [0.1, 0.15) is 10.7 Å². The van der Waals surface area contributed by atoms with Crippen LogP contribution in [0.2, 0.25) is 0 Å². The number of amides is 1. The first-order chi connectivity index (χ1) is 14.7. The number of carbonyl (C=O) groups is 1. The van der Waals surface area contributed by atoms with Gasteiger partial charge in [-0.2, -0.15) is 5.10 Å². The number of thiazole rings is 1. The summed E-state index contributed by atoms with van der Waals surface area (Å²) in [5, 5.41) is 11.0. The number of nitrogens with zero attached hydrogens (tertiary/aromatic N) is 2. The van der Waals surface area contributed by atoms with E-state index < -0.39 is 0 Å². The molecule has 2 aromatic carbocycles. The summed E-state index contributed by atoms with van der Waals surface area (Å²) in [5.41, 5.74) is 3.90. The van der Waals surface area contributed by atoms with Crippen LogP contribution in [-0.2, 0) is 6.54 Å². The van der Waals surface area contributed by atoms with Crippen LogP contribution in [0.5, 0.6) is 11.5 Å². The Morgan fingerprint density at radius 3 is 2.80 bits per heavy atom. The number of aromatic nitrogens is 3. The van der Waals surface area contributed by atoms with Gasteiger partial charge in [0.05, 0.1) is 17.9 Å². The highest BCUT2D eigenvalue weighted by molar-refractivity contribution is 7.15. The summed E-state index contributed by atoms with van der Waals surface area (Å²) >= 11 is 1.59. The number of hydrogen-bond acceptors (Lipinski definition) is 6. The normalized spacial score (nSPS) is 12.2. The molecule has 2 N–H and O–H groups in total. The van der Waals surface area contributed by atoms with E-state index in [0.29, 0.717) is 29.4 Å². The molecule has 3 heterocycles. The molecule has 150 valence electrons. The van der Waals surface area contributed by atoms with Crippen LogP contribution in [0.3, 0.4) is 0 Å². The van der Waals surface area contributed by atoms with Crippen LogP contribution >= 0.6 is 11.3 Å². The molecule has 4 aromatic rings. The molecule has 0 fully saturated rings. The molecular formula is C22H18N4O3S. The van der Waals surface area contributed by atoms with Crippen molar-refractivity contribution in [3.8, 4) is 33.3 Å². The van der Waals surface area contributed by atoms with E-state index in [9.17, 15) is 4.79 Å². The molecule has 0 unspecified atom stereocenters. The molecule has 7 nitrogen and oxygen atoms in total. The average molecular weight is 418 g/mol. The van der Waals surface area contributed by atoms with E-state index in [2.05, 4.69) is 20.5 Å². The molecule has 8 heteroatoms. The molecule has 0 spiro atoms. The molecule has 0 saturated carbocycles. The Kier molecular flexibility index (Phi) is 4.68. The minimum absolute atomic E-state index is 0.218. The smallest absolute Gasteiger partial charge is 0.269 e. The molecule has 1 amide bonds. The van der Waals surface area contributed by atoms with Crippen LogP contribution in [0.4, 0.5) is 0 Å². The van der Waals surface area contributed by atoms with E-state index >= 15 is 0 Å². The second kappa shape index (κ2) is 7.64. The van der Waals surface area contributed by atoms with Gasteiger partial charge < -0.3 is 14.8 Å². The SMILES string of the molecule is Cc1nc(-c2ccccc2)sc1CNC(=O)c1cc(-c2ccc3c(c2)OCO3)n[nH]1. The van der Waals surface area contributed by atoms with Crippen molar-refractivity contribution < 1.29 is 14.3 Å². The number of rotatable bonds is 5. The minimum Gasteiger partial charge on any atom is -0.454 e. The van der Waals surface area contributed by atoms with Gasteiger partial charge in [-0.1, -0.05) is 30.3 Å². The topological polar surface area (TPSA) is 89.1 Å². The van der Waals surface area contributed by atoms with Crippen molar-refractivity contribution in [3.05, 3.63) is 70.9 Å². The van der Waals surface area contributed by atoms with E-state index in [1.165, 1.54) is 0 Å². The second-order valence-electron chi connectivity index (χ2n) is 6.81. The maximum absolute atomic E-state index is 12.6. The summed E-state index contributed by atoms with van der Waals surface area (Å²) in [5.74, 6) is 1.17. The summed E-state index contributed by atoms with van der Waals surface area (Å²) in [4.78, 5) is 18.2. The van der Waals surface area contributed by atoms with Gasteiger partial charge in [0.15, 0.2) is 11.5 Å². The number of nitrogens with one attached hydrogen (secondary N) is 2. The zero-order valence-electron chi connectivity index (χ0n) is 16.1. The largest absolute Gasteiger partial charge is 0.454 e. The van der Waals surface area contributed by atoms with Gasteiger partial charge in [0.2, 0.25) is 6.79 Å². The highest BCUT2D eigenvalue weighted by atomic mass is 32.1. The third-order valence-corrected chi connectivity index (χ3v) is 6.02. The molecule has 1 aliphatic rings. The van der Waals surface area contributed by atoms with Crippen LogP contribution in [0.15, 0.2) is 54.6 Å². The number of aryl methyl sites for hydroxylation is 1. The van der Waals surface area contributed by atoms with E-state index in [1.54, 1.807) is 17.4 Å². The van der Waals surface area contributed by atoms with Gasteiger partial charge in [-0.05, 0) is 31.2 Å². The van der Waals surface area contributed by atoms with E-state index in [0.717, 1.165) is 26.7 Å². The van der Waals surface area contributed by atoms with Crippen LogP contribution in [0, 0.1) is 6.92 Å². The van der Waals surface area contributed by atoms with Crippen molar-refractivity contribution in [1.82, 2.24) is 20.5 Å². The van der Waals surface area contributed by atoms with Gasteiger partial charge >= 0.3 is 0 Å². The molecule has 0 bridgehead atoms. The lowest BCUT2D eigenvalue weighted by molar-refractivity contribution is 0.0946. The first kappa shape index (κ1) is 18.4. The van der Waals surface area contributed by atoms with Gasteiger partial charge in [-0.15, -0.1) is 11.3 Å². The van der Waals surface area contributed by atoms with Crippen molar-refractivity contribution in [1.29, 1.82) is 0 Å². The number of H-pyrrole nitrogens is 1. The first-order valence-electron chi connectivity index (χ1n) is 9.43. The lowest BCUT2D eigenvalue weighted by Crippen LogP contribution is -2.23. The second-order valence-corrected chi connectivity index (χ2v) is 7.89. The molecule has 0 atom stereocenters. The number of hydrogen-bond donors (Lipinski definition) is 2. The van der Waals surface area contributed by atoms with Crippen molar-refractivity contribution >= 4 is 17.2 Å². The van der Waals surface area contributed by atoms with E-state index in [-0.39, 0.29) is 12.7 Å². The fourth-order valence-electron chi connectivity index (χ4n) is 3.19. The Bertz CT molecular complexity index is 1220. The number of aromatic amines is 1. The molecule has 0 aliphatic carbocycles. The maximum Gasteiger partial charge on any atom is 0.269 e. The summed E-state index contributed by atoms with van der Waals surface area (Å²) in [6.45, 7) is 2.59. The van der Waals surface area contributed by atoms with Gasteiger partial charge in [0, 0.05) is 16.0 Å². The monoisotopic (exact) mass is 418 g/mol. The van der Waals surface area contributed by atoms with Crippen LogP contribution in [0.1, 0.15) is 21.1 Å². The molecule has 30 heavy (non-hydrogen) atoms. The summed E-state index contributed by atoms with van der Waals surface area (Å²) in [6, 6.07) is 17.3. The molecule has 2 aromatic heterocycles. The maximum atomic E-state index is 12.6. The van der Waals surface area contributed by atoms with Crippen LogP contribution in [-0.4, -0.2) is 27.9 Å². The molecule has 0 radical (unpaired) electrons. The molecule has 1 aliphatic heterocycles. The zero-order chi connectivity index (χ0) is 20.5. The Morgan fingerprint density at radius 1 is 1.10 bits per heavy atom. The predicted octanol–water partition coefficient (Wildman–Crippen LogP) is 4.17. The number of carbonyl (C=O) groups excluding carboxylic acids is 1. The minimum atomic E-state index is -0.219. The third-order valence-electron chi connectivity index (χ3n) is 4.81. The highest BCUT2D eigenvalue weighted by Crippen LogP contribution is 2.35. The Balaban J connectivity index is 1.27. The van der Waals surface area contributed by atoms with Crippen molar-refractivity contribution in [2.24, 2.45) is 0 Å². The number of fused-ring (bicyclic) bond motifs is 1. The average Bonchev–Trinajstić information content (AvgIpc) is 3.51. The number of ether oxygens (including phenoxy) is 2. The van der Waals surface area contributed by atoms with Crippen LogP contribution < -0.4 is 14.8 Å². The van der Waals surface area contributed by atoms with Crippen molar-refractivity contribution in [3.63, 3.8) is 0 Å². The molecule has 0 saturated heterocycles. The zero-order valence-corrected chi connectivity index (χ0v) is 17.0. The van der Waals surface area contributed by atoms with Crippen LogP contribution in [0.25, 0.3) is 21.8 Å². The predicted molar refractivity (Wildman–Crippen MR) is 114 cm³/mol. The summed E-state index contributed by atoms with van der Waals surface area (Å²) in [6.07, 6.45) is 0. The lowest BCUT2D eigenvalue weighted by atomic mass is 10.1. The molecule has 5 rings (SSSR count).